The largest absolute Gasteiger partial charge is 0.462 e. The molecule has 0 spiro atoms. The van der Waals surface area contributed by atoms with Crippen LogP contribution < -0.4 is 5.73 Å². The van der Waals surface area contributed by atoms with Gasteiger partial charge in [0.05, 0.1) is 11.5 Å². The second-order valence-electron chi connectivity index (χ2n) is 3.02. The predicted octanol–water partition coefficient (Wildman–Crippen LogP) is 1.06. The first kappa shape index (κ1) is 11.9. The van der Waals surface area contributed by atoms with Gasteiger partial charge in [0.25, 0.3) is 0 Å². The van der Waals surface area contributed by atoms with E-state index in [4.69, 9.17) is 10.5 Å². The summed E-state index contributed by atoms with van der Waals surface area (Å²) in [5.41, 5.74) is 5.14. The van der Waals surface area contributed by atoms with Gasteiger partial charge in [-0.25, -0.2) is 9.78 Å². The van der Waals surface area contributed by atoms with Crippen LogP contribution in [0.4, 0.5) is 11.5 Å². The summed E-state index contributed by atoms with van der Waals surface area (Å²) in [6.45, 7) is 3.33. The molecule has 0 saturated heterocycles. The fraction of sp³-hybridized carbons (Fsp3) is 0.333. The van der Waals surface area contributed by atoms with E-state index >= 15 is 0 Å². The monoisotopic (exact) mass is 225 g/mol. The lowest BCUT2D eigenvalue weighted by Gasteiger charge is -2.05. The van der Waals surface area contributed by atoms with Gasteiger partial charge in [-0.1, -0.05) is 0 Å². The van der Waals surface area contributed by atoms with Crippen LogP contribution in [-0.2, 0) is 4.74 Å². The number of nitrogen functional groups attached to an aromatic ring is 1. The second kappa shape index (κ2) is 4.56. The van der Waals surface area contributed by atoms with E-state index in [1.54, 1.807) is 13.8 Å². The Morgan fingerprint density at radius 1 is 1.69 bits per heavy atom. The number of rotatable bonds is 3. The fourth-order valence-electron chi connectivity index (χ4n) is 1.25. The highest BCUT2D eigenvalue weighted by atomic mass is 16.6. The van der Waals surface area contributed by atoms with Crippen LogP contribution in [0.5, 0.6) is 0 Å². The number of anilines is 1. The highest BCUT2D eigenvalue weighted by Gasteiger charge is 2.26. The highest BCUT2D eigenvalue weighted by Crippen LogP contribution is 2.25. The standard InChI is InChI=1S/C9H11N3O4/c1-3-16-9(13)6-4-5(2)11-8(10)7(6)12(14)15/h4H,3H2,1-2H3,(H2,10,11). The lowest BCUT2D eigenvalue weighted by molar-refractivity contribution is -0.384. The van der Waals surface area contributed by atoms with Crippen molar-refractivity contribution in [2.45, 2.75) is 13.8 Å². The van der Waals surface area contributed by atoms with Crippen LogP contribution in [0.3, 0.4) is 0 Å². The molecule has 0 fully saturated rings. The van der Waals surface area contributed by atoms with Gasteiger partial charge in [-0.15, -0.1) is 0 Å². The molecular weight excluding hydrogens is 214 g/mol. The molecule has 0 saturated carbocycles. The third-order valence-electron chi connectivity index (χ3n) is 1.83. The van der Waals surface area contributed by atoms with E-state index in [1.165, 1.54) is 6.07 Å². The van der Waals surface area contributed by atoms with Gasteiger partial charge in [0, 0.05) is 5.69 Å². The zero-order valence-electron chi connectivity index (χ0n) is 8.89. The Kier molecular flexibility index (Phi) is 3.39. The van der Waals surface area contributed by atoms with Crippen molar-refractivity contribution < 1.29 is 14.5 Å². The first-order valence-electron chi connectivity index (χ1n) is 4.56. The van der Waals surface area contributed by atoms with Crippen molar-refractivity contribution in [3.63, 3.8) is 0 Å². The summed E-state index contributed by atoms with van der Waals surface area (Å²) in [5, 5.41) is 10.7. The van der Waals surface area contributed by atoms with E-state index in [2.05, 4.69) is 4.98 Å². The molecular formula is C9H11N3O4. The van der Waals surface area contributed by atoms with E-state index < -0.39 is 16.6 Å². The third-order valence-corrected chi connectivity index (χ3v) is 1.83. The molecule has 0 unspecified atom stereocenters. The van der Waals surface area contributed by atoms with Gasteiger partial charge in [0.1, 0.15) is 5.56 Å². The van der Waals surface area contributed by atoms with Crippen LogP contribution in [0, 0.1) is 17.0 Å². The first-order valence-corrected chi connectivity index (χ1v) is 4.56. The van der Waals surface area contributed by atoms with Crippen molar-refractivity contribution in [3.8, 4) is 0 Å². The summed E-state index contributed by atoms with van der Waals surface area (Å²) >= 11 is 0. The first-order chi connectivity index (χ1) is 7.47. The number of pyridine rings is 1. The molecule has 0 atom stereocenters. The number of nitrogens with two attached hydrogens (primary N) is 1. The van der Waals surface area contributed by atoms with Gasteiger partial charge in [0.2, 0.25) is 5.82 Å². The zero-order chi connectivity index (χ0) is 12.3. The van der Waals surface area contributed by atoms with Gasteiger partial charge >= 0.3 is 11.7 Å². The molecule has 0 radical (unpaired) electrons. The molecule has 0 bridgehead atoms. The molecule has 16 heavy (non-hydrogen) atoms. The highest BCUT2D eigenvalue weighted by molar-refractivity contribution is 5.96. The summed E-state index contributed by atoms with van der Waals surface area (Å²) in [6.07, 6.45) is 0. The van der Waals surface area contributed by atoms with Crippen molar-refractivity contribution in [2.24, 2.45) is 0 Å². The second-order valence-corrected chi connectivity index (χ2v) is 3.02. The van der Waals surface area contributed by atoms with Crippen molar-refractivity contribution in [2.75, 3.05) is 12.3 Å². The molecule has 0 aromatic carbocycles. The maximum atomic E-state index is 11.5. The number of ether oxygens (including phenoxy) is 1. The number of carbonyl (C=O) groups is 1. The number of aryl methyl sites for hydroxylation is 1. The van der Waals surface area contributed by atoms with Crippen molar-refractivity contribution >= 4 is 17.5 Å². The van der Waals surface area contributed by atoms with Crippen molar-refractivity contribution in [1.82, 2.24) is 4.98 Å². The molecule has 86 valence electrons. The maximum absolute atomic E-state index is 11.5. The van der Waals surface area contributed by atoms with Gasteiger partial charge in [-0.05, 0) is 19.9 Å². The molecule has 0 amide bonds. The van der Waals surface area contributed by atoms with Crippen molar-refractivity contribution in [3.05, 3.63) is 27.4 Å². The average molecular weight is 225 g/mol. The molecule has 2 N–H and O–H groups in total. The molecule has 0 aliphatic heterocycles. The Hall–Kier alpha value is -2.18. The predicted molar refractivity (Wildman–Crippen MR) is 56.0 cm³/mol. The molecule has 0 aliphatic rings. The van der Waals surface area contributed by atoms with Crippen LogP contribution in [0.15, 0.2) is 6.07 Å². The number of nitrogens with zero attached hydrogens (tertiary/aromatic N) is 2. The normalized spacial score (nSPS) is 9.88. The number of aromatic nitrogens is 1. The van der Waals surface area contributed by atoms with Crippen LogP contribution in [-0.4, -0.2) is 22.5 Å². The summed E-state index contributed by atoms with van der Waals surface area (Å²) in [5.74, 6) is -1.06. The Balaban J connectivity index is 3.35. The van der Waals surface area contributed by atoms with Gasteiger partial charge in [-0.2, -0.15) is 0 Å². The lowest BCUT2D eigenvalue weighted by Crippen LogP contribution is -2.11. The number of hydrogen-bond acceptors (Lipinski definition) is 6. The minimum absolute atomic E-state index is 0.136. The molecule has 1 rings (SSSR count). The molecule has 7 heteroatoms. The zero-order valence-corrected chi connectivity index (χ0v) is 8.89. The van der Waals surface area contributed by atoms with Gasteiger partial charge < -0.3 is 10.5 Å². The molecule has 1 aromatic rings. The minimum atomic E-state index is -0.772. The number of nitro groups is 1. The number of esters is 1. The van der Waals surface area contributed by atoms with Gasteiger partial charge in [-0.3, -0.25) is 10.1 Å². The molecule has 1 aromatic heterocycles. The van der Waals surface area contributed by atoms with Gasteiger partial charge in [0.15, 0.2) is 0 Å². The lowest BCUT2D eigenvalue weighted by atomic mass is 10.2. The number of hydrogen-bond donors (Lipinski definition) is 1. The summed E-state index contributed by atoms with van der Waals surface area (Å²) in [7, 11) is 0. The Morgan fingerprint density at radius 2 is 2.31 bits per heavy atom. The Labute approximate surface area is 91.4 Å². The third kappa shape index (κ3) is 2.25. The number of carbonyl (C=O) groups excluding carboxylic acids is 1. The van der Waals surface area contributed by atoms with Crippen LogP contribution >= 0.6 is 0 Å². The van der Waals surface area contributed by atoms with Crippen molar-refractivity contribution in [1.29, 1.82) is 0 Å². The quantitative estimate of drug-likeness (QED) is 0.468. The van der Waals surface area contributed by atoms with E-state index in [0.29, 0.717) is 5.69 Å². The summed E-state index contributed by atoms with van der Waals surface area (Å²) < 4.78 is 4.70. The van der Waals surface area contributed by atoms with Crippen LogP contribution in [0.2, 0.25) is 0 Å². The van der Waals surface area contributed by atoms with Crippen LogP contribution in [0.25, 0.3) is 0 Å². The topological polar surface area (TPSA) is 108 Å². The Morgan fingerprint density at radius 3 is 2.81 bits per heavy atom. The van der Waals surface area contributed by atoms with Crippen LogP contribution in [0.1, 0.15) is 23.0 Å². The molecule has 1 heterocycles. The fourth-order valence-corrected chi connectivity index (χ4v) is 1.25. The maximum Gasteiger partial charge on any atom is 0.345 e. The Bertz CT molecular complexity index is 445. The van der Waals surface area contributed by atoms with E-state index in [0.717, 1.165) is 0 Å². The van der Waals surface area contributed by atoms with E-state index in [1.807, 2.05) is 0 Å². The molecule has 0 aliphatic carbocycles. The SMILES string of the molecule is CCOC(=O)c1cc(C)nc(N)c1[N+](=O)[O-]. The smallest absolute Gasteiger partial charge is 0.345 e. The summed E-state index contributed by atoms with van der Waals surface area (Å²) in [6, 6.07) is 1.28. The summed E-state index contributed by atoms with van der Waals surface area (Å²) in [4.78, 5) is 25.2. The minimum Gasteiger partial charge on any atom is -0.462 e. The van der Waals surface area contributed by atoms with E-state index in [-0.39, 0.29) is 18.0 Å². The van der Waals surface area contributed by atoms with E-state index in [9.17, 15) is 14.9 Å². The average Bonchev–Trinajstić information content (AvgIpc) is 2.15. The molecule has 7 nitrogen and oxygen atoms in total.